The molecule has 3 N–H and O–H groups in total. The zero-order chi connectivity index (χ0) is 14.6. The van der Waals surface area contributed by atoms with E-state index in [9.17, 15) is 4.79 Å². The lowest BCUT2D eigenvalue weighted by molar-refractivity contribution is -0.125. The Morgan fingerprint density at radius 2 is 2.20 bits per heavy atom. The minimum Gasteiger partial charge on any atom is -0.368 e. The number of hydrogen-bond acceptors (Lipinski definition) is 3. The van der Waals surface area contributed by atoms with Crippen LogP contribution in [0.15, 0.2) is 29.2 Å². The van der Waals surface area contributed by atoms with Crippen molar-refractivity contribution in [3.63, 3.8) is 0 Å². The van der Waals surface area contributed by atoms with E-state index >= 15 is 0 Å². The molecule has 1 saturated carbocycles. The average Bonchev–Trinajstić information content (AvgIpc) is 2.85. The predicted octanol–water partition coefficient (Wildman–Crippen LogP) is 3.07. The molecule has 1 aliphatic rings. The van der Waals surface area contributed by atoms with Crippen molar-refractivity contribution in [3.8, 4) is 0 Å². The molecule has 0 aromatic heterocycles. The van der Waals surface area contributed by atoms with Gasteiger partial charge in [0.15, 0.2) is 0 Å². The van der Waals surface area contributed by atoms with Crippen LogP contribution < -0.4 is 11.1 Å². The van der Waals surface area contributed by atoms with Gasteiger partial charge in [0.1, 0.15) is 5.54 Å². The number of primary amides is 1. The third-order valence-electron chi connectivity index (χ3n) is 4.26. The van der Waals surface area contributed by atoms with Crippen molar-refractivity contribution in [2.45, 2.75) is 36.1 Å². The molecule has 2 unspecified atom stereocenters. The van der Waals surface area contributed by atoms with Gasteiger partial charge in [0.05, 0.1) is 0 Å². The van der Waals surface area contributed by atoms with Gasteiger partial charge >= 0.3 is 0 Å². The van der Waals surface area contributed by atoms with E-state index in [0.717, 1.165) is 36.5 Å². The van der Waals surface area contributed by atoms with Gasteiger partial charge in [-0.25, -0.2) is 0 Å². The number of carbonyl (C=O) groups excluding carboxylic acids is 1. The lowest BCUT2D eigenvalue weighted by Crippen LogP contribution is -2.56. The standard InChI is InChI=1S/C15H21ClN2OS/c1-18-15(14(17)19)9-2-3-11(15)8-10-20-13-6-4-12(16)5-7-13/h4-7,11,18H,2-3,8-10H2,1H3,(H2,17,19). The number of likely N-dealkylation sites (N-methyl/N-ethyl adjacent to an activating group) is 1. The van der Waals surface area contributed by atoms with Crippen LogP contribution in [0.4, 0.5) is 0 Å². The number of amides is 1. The second-order valence-electron chi connectivity index (χ2n) is 5.27. The Morgan fingerprint density at radius 1 is 1.50 bits per heavy atom. The highest BCUT2D eigenvalue weighted by Crippen LogP contribution is 2.38. The number of nitrogens with one attached hydrogen (secondary N) is 1. The lowest BCUT2D eigenvalue weighted by atomic mass is 9.84. The molecule has 1 amide bonds. The van der Waals surface area contributed by atoms with Crippen LogP contribution in [0.5, 0.6) is 0 Å². The van der Waals surface area contributed by atoms with Gasteiger partial charge in [0.25, 0.3) is 0 Å². The van der Waals surface area contributed by atoms with Gasteiger partial charge in [0, 0.05) is 9.92 Å². The maximum absolute atomic E-state index is 11.8. The van der Waals surface area contributed by atoms with Gasteiger partial charge in [-0.15, -0.1) is 11.8 Å². The minimum atomic E-state index is -0.499. The number of nitrogens with two attached hydrogens (primary N) is 1. The Kier molecular flexibility index (Phi) is 5.35. The van der Waals surface area contributed by atoms with Crippen LogP contribution in [0.1, 0.15) is 25.7 Å². The van der Waals surface area contributed by atoms with Gasteiger partial charge < -0.3 is 11.1 Å². The molecule has 110 valence electrons. The molecule has 0 saturated heterocycles. The number of halogens is 1. The molecule has 1 fully saturated rings. The minimum absolute atomic E-state index is 0.209. The molecular weight excluding hydrogens is 292 g/mol. The first kappa shape index (κ1) is 15.7. The van der Waals surface area contributed by atoms with E-state index < -0.39 is 5.54 Å². The van der Waals surface area contributed by atoms with E-state index in [2.05, 4.69) is 5.32 Å². The van der Waals surface area contributed by atoms with Gasteiger partial charge in [0.2, 0.25) is 5.91 Å². The SMILES string of the molecule is CNC1(C(N)=O)CCCC1CCSc1ccc(Cl)cc1. The maximum Gasteiger partial charge on any atom is 0.238 e. The topological polar surface area (TPSA) is 55.1 Å². The molecule has 20 heavy (non-hydrogen) atoms. The number of carbonyl (C=O) groups is 1. The van der Waals surface area contributed by atoms with E-state index in [-0.39, 0.29) is 5.91 Å². The predicted molar refractivity (Wildman–Crippen MR) is 85.1 cm³/mol. The maximum atomic E-state index is 11.8. The quantitative estimate of drug-likeness (QED) is 0.794. The highest BCUT2D eigenvalue weighted by molar-refractivity contribution is 7.99. The van der Waals surface area contributed by atoms with Crippen LogP contribution >= 0.6 is 23.4 Å². The van der Waals surface area contributed by atoms with Gasteiger partial charge in [-0.1, -0.05) is 18.0 Å². The first-order valence-electron chi connectivity index (χ1n) is 6.95. The molecule has 2 rings (SSSR count). The van der Waals surface area contributed by atoms with Gasteiger partial charge in [-0.2, -0.15) is 0 Å². The number of hydrogen-bond donors (Lipinski definition) is 2. The summed E-state index contributed by atoms with van der Waals surface area (Å²) in [4.78, 5) is 13.0. The summed E-state index contributed by atoms with van der Waals surface area (Å²) in [6.07, 6.45) is 4.00. The van der Waals surface area contributed by atoms with E-state index in [0.29, 0.717) is 5.92 Å². The molecule has 0 radical (unpaired) electrons. The Hall–Kier alpha value is -0.710. The summed E-state index contributed by atoms with van der Waals surface area (Å²) >= 11 is 7.67. The molecule has 0 heterocycles. The monoisotopic (exact) mass is 312 g/mol. The largest absolute Gasteiger partial charge is 0.368 e. The first-order chi connectivity index (χ1) is 9.58. The molecule has 5 heteroatoms. The summed E-state index contributed by atoms with van der Waals surface area (Å²) in [5.41, 5.74) is 5.11. The molecule has 1 aromatic rings. The molecule has 0 spiro atoms. The summed E-state index contributed by atoms with van der Waals surface area (Å²) in [5.74, 6) is 1.12. The fourth-order valence-corrected chi connectivity index (χ4v) is 4.19. The summed E-state index contributed by atoms with van der Waals surface area (Å²) in [6, 6.07) is 7.86. The van der Waals surface area contributed by atoms with E-state index in [1.165, 1.54) is 4.90 Å². The van der Waals surface area contributed by atoms with Crippen molar-refractivity contribution in [2.75, 3.05) is 12.8 Å². The molecule has 2 atom stereocenters. The second kappa shape index (κ2) is 6.83. The normalized spacial score (nSPS) is 25.8. The number of thioether (sulfide) groups is 1. The molecule has 3 nitrogen and oxygen atoms in total. The van der Waals surface area contributed by atoms with Crippen molar-refractivity contribution in [1.29, 1.82) is 0 Å². The van der Waals surface area contributed by atoms with Crippen molar-refractivity contribution in [2.24, 2.45) is 11.7 Å². The lowest BCUT2D eigenvalue weighted by Gasteiger charge is -2.32. The van der Waals surface area contributed by atoms with Crippen molar-refractivity contribution >= 4 is 29.3 Å². The van der Waals surface area contributed by atoms with Gasteiger partial charge in [-0.3, -0.25) is 4.79 Å². The summed E-state index contributed by atoms with van der Waals surface area (Å²) in [7, 11) is 1.84. The fraction of sp³-hybridized carbons (Fsp3) is 0.533. The zero-order valence-corrected chi connectivity index (χ0v) is 13.3. The Bertz CT molecular complexity index is 465. The van der Waals surface area contributed by atoms with Gasteiger partial charge in [-0.05, 0) is 62.2 Å². The first-order valence-corrected chi connectivity index (χ1v) is 8.32. The Balaban J connectivity index is 1.90. The summed E-state index contributed by atoms with van der Waals surface area (Å²) in [6.45, 7) is 0. The smallest absolute Gasteiger partial charge is 0.238 e. The van der Waals surface area contributed by atoms with Crippen molar-refractivity contribution in [1.82, 2.24) is 5.32 Å². The molecule has 1 aliphatic carbocycles. The van der Waals surface area contributed by atoms with Crippen LogP contribution in [0, 0.1) is 5.92 Å². The Morgan fingerprint density at radius 3 is 2.80 bits per heavy atom. The van der Waals surface area contributed by atoms with E-state index in [4.69, 9.17) is 17.3 Å². The van der Waals surface area contributed by atoms with Crippen LogP contribution in [0.3, 0.4) is 0 Å². The highest BCUT2D eigenvalue weighted by atomic mass is 35.5. The van der Waals surface area contributed by atoms with Crippen molar-refractivity contribution in [3.05, 3.63) is 29.3 Å². The van der Waals surface area contributed by atoms with Crippen LogP contribution in [0.25, 0.3) is 0 Å². The molecule has 0 bridgehead atoms. The molecule has 0 aliphatic heterocycles. The second-order valence-corrected chi connectivity index (χ2v) is 6.87. The zero-order valence-electron chi connectivity index (χ0n) is 11.7. The Labute approximate surface area is 129 Å². The average molecular weight is 313 g/mol. The summed E-state index contributed by atoms with van der Waals surface area (Å²) in [5, 5.41) is 3.94. The van der Waals surface area contributed by atoms with Crippen LogP contribution in [-0.4, -0.2) is 24.2 Å². The number of rotatable bonds is 6. The van der Waals surface area contributed by atoms with Crippen LogP contribution in [0.2, 0.25) is 5.02 Å². The highest BCUT2D eigenvalue weighted by Gasteiger charge is 2.45. The van der Waals surface area contributed by atoms with Crippen LogP contribution in [-0.2, 0) is 4.79 Å². The summed E-state index contributed by atoms with van der Waals surface area (Å²) < 4.78 is 0. The molecular formula is C15H21ClN2OS. The molecule has 1 aromatic carbocycles. The van der Waals surface area contributed by atoms with E-state index in [1.54, 1.807) is 11.8 Å². The third-order valence-corrected chi connectivity index (χ3v) is 5.55. The van der Waals surface area contributed by atoms with E-state index in [1.807, 2.05) is 31.3 Å². The number of benzene rings is 1. The fourth-order valence-electron chi connectivity index (χ4n) is 3.10. The van der Waals surface area contributed by atoms with Crippen molar-refractivity contribution < 1.29 is 4.79 Å². The third kappa shape index (κ3) is 3.30.